The molecule has 0 heterocycles. The Kier molecular flexibility index (Phi) is 3.44. The van der Waals surface area contributed by atoms with Crippen molar-refractivity contribution >= 4 is 10.8 Å². The van der Waals surface area contributed by atoms with E-state index in [-0.39, 0.29) is 0 Å². The molecule has 0 aliphatic rings. The van der Waals surface area contributed by atoms with Gasteiger partial charge < -0.3 is 0 Å². The van der Waals surface area contributed by atoms with Crippen molar-refractivity contribution in [2.75, 3.05) is 0 Å². The van der Waals surface area contributed by atoms with Gasteiger partial charge in [0, 0.05) is 0 Å². The standard InChI is InChI=1S/C23H18/c1-17-21-15-9-8-14-20(21)16-22(18-10-4-2-5-11-18)23(17)19-12-6-3-7-13-19/h2-16H,1H3. The number of hydrogen-bond acceptors (Lipinski definition) is 0. The first-order valence-corrected chi connectivity index (χ1v) is 7.98. The monoisotopic (exact) mass is 294 g/mol. The minimum Gasteiger partial charge on any atom is -0.0622 e. The molecule has 0 spiro atoms. The van der Waals surface area contributed by atoms with Crippen LogP contribution >= 0.6 is 0 Å². The van der Waals surface area contributed by atoms with Crippen LogP contribution in [0.15, 0.2) is 91.0 Å². The first-order valence-electron chi connectivity index (χ1n) is 7.98. The van der Waals surface area contributed by atoms with Gasteiger partial charge in [0.15, 0.2) is 0 Å². The van der Waals surface area contributed by atoms with Crippen LogP contribution in [0.1, 0.15) is 5.56 Å². The topological polar surface area (TPSA) is 0 Å². The predicted octanol–water partition coefficient (Wildman–Crippen LogP) is 6.48. The number of hydrogen-bond donors (Lipinski definition) is 0. The van der Waals surface area contributed by atoms with Gasteiger partial charge in [0.1, 0.15) is 0 Å². The summed E-state index contributed by atoms with van der Waals surface area (Å²) in [5.41, 5.74) is 6.51. The molecule has 0 unspecified atom stereocenters. The summed E-state index contributed by atoms with van der Waals surface area (Å²) in [5.74, 6) is 0. The second-order valence-corrected chi connectivity index (χ2v) is 5.88. The van der Waals surface area contributed by atoms with Crippen LogP contribution in [0.4, 0.5) is 0 Å². The summed E-state index contributed by atoms with van der Waals surface area (Å²) in [6.45, 7) is 2.23. The van der Waals surface area contributed by atoms with Crippen molar-refractivity contribution in [3.8, 4) is 22.3 Å². The SMILES string of the molecule is Cc1c(-c2ccccc2)c(-c2ccccc2)cc2ccccc12. The van der Waals surface area contributed by atoms with E-state index in [0.717, 1.165) is 0 Å². The van der Waals surface area contributed by atoms with Crippen LogP contribution in [0.5, 0.6) is 0 Å². The van der Waals surface area contributed by atoms with Gasteiger partial charge in [-0.3, -0.25) is 0 Å². The molecule has 0 nitrogen and oxygen atoms in total. The number of fused-ring (bicyclic) bond motifs is 1. The molecule has 4 aromatic carbocycles. The zero-order valence-corrected chi connectivity index (χ0v) is 13.2. The van der Waals surface area contributed by atoms with Crippen molar-refractivity contribution in [2.45, 2.75) is 6.92 Å². The van der Waals surface area contributed by atoms with Gasteiger partial charge in [0.25, 0.3) is 0 Å². The Bertz CT molecular complexity index is 951. The first kappa shape index (κ1) is 13.8. The minimum absolute atomic E-state index is 1.26. The smallest absolute Gasteiger partial charge is 0.00697 e. The maximum Gasteiger partial charge on any atom is -0.00697 e. The lowest BCUT2D eigenvalue weighted by molar-refractivity contribution is 1.49. The molecule has 23 heavy (non-hydrogen) atoms. The van der Waals surface area contributed by atoms with Crippen molar-refractivity contribution in [2.24, 2.45) is 0 Å². The fourth-order valence-electron chi connectivity index (χ4n) is 3.35. The van der Waals surface area contributed by atoms with Gasteiger partial charge in [-0.05, 0) is 51.6 Å². The summed E-state index contributed by atoms with van der Waals surface area (Å²) < 4.78 is 0. The maximum absolute atomic E-state index is 2.32. The Morgan fingerprint density at radius 2 is 1.13 bits per heavy atom. The fourth-order valence-corrected chi connectivity index (χ4v) is 3.35. The molecule has 0 aromatic heterocycles. The molecule has 0 radical (unpaired) electrons. The first-order chi connectivity index (χ1) is 11.3. The van der Waals surface area contributed by atoms with Crippen molar-refractivity contribution in [1.82, 2.24) is 0 Å². The van der Waals surface area contributed by atoms with Crippen LogP contribution in [0, 0.1) is 6.92 Å². The van der Waals surface area contributed by atoms with Crippen LogP contribution in [0.3, 0.4) is 0 Å². The Morgan fingerprint density at radius 1 is 0.565 bits per heavy atom. The van der Waals surface area contributed by atoms with Crippen molar-refractivity contribution in [1.29, 1.82) is 0 Å². The quantitative estimate of drug-likeness (QED) is 0.397. The lowest BCUT2D eigenvalue weighted by Gasteiger charge is -2.16. The van der Waals surface area contributed by atoms with E-state index in [1.807, 2.05) is 0 Å². The molecule has 0 N–H and O–H groups in total. The fraction of sp³-hybridized carbons (Fsp3) is 0.0435. The predicted molar refractivity (Wildman–Crippen MR) is 99.6 cm³/mol. The molecule has 4 aromatic rings. The van der Waals surface area contributed by atoms with Gasteiger partial charge in [0.05, 0.1) is 0 Å². The summed E-state index contributed by atoms with van der Waals surface area (Å²) in [6.07, 6.45) is 0. The molecule has 0 fully saturated rings. The van der Waals surface area contributed by atoms with Gasteiger partial charge in [-0.15, -0.1) is 0 Å². The highest BCUT2D eigenvalue weighted by Gasteiger charge is 2.13. The third-order valence-electron chi connectivity index (χ3n) is 4.46. The highest BCUT2D eigenvalue weighted by Crippen LogP contribution is 2.38. The van der Waals surface area contributed by atoms with Crippen molar-refractivity contribution < 1.29 is 0 Å². The zero-order valence-electron chi connectivity index (χ0n) is 13.2. The van der Waals surface area contributed by atoms with Crippen LogP contribution in [-0.4, -0.2) is 0 Å². The van der Waals surface area contributed by atoms with E-state index in [2.05, 4.69) is 97.9 Å². The summed E-state index contributed by atoms with van der Waals surface area (Å²) in [6, 6.07) is 32.3. The molecular formula is C23H18. The molecule has 4 rings (SSSR count). The summed E-state index contributed by atoms with van der Waals surface area (Å²) in [7, 11) is 0. The van der Waals surface area contributed by atoms with E-state index >= 15 is 0 Å². The summed E-state index contributed by atoms with van der Waals surface area (Å²) in [4.78, 5) is 0. The third-order valence-corrected chi connectivity index (χ3v) is 4.46. The maximum atomic E-state index is 2.32. The molecule has 0 atom stereocenters. The molecule has 0 saturated carbocycles. The Morgan fingerprint density at radius 3 is 1.83 bits per heavy atom. The van der Waals surface area contributed by atoms with Gasteiger partial charge >= 0.3 is 0 Å². The minimum atomic E-state index is 1.26. The normalized spacial score (nSPS) is 10.8. The lowest BCUT2D eigenvalue weighted by atomic mass is 9.87. The molecular weight excluding hydrogens is 276 g/mol. The molecule has 0 aliphatic heterocycles. The molecule has 0 heteroatoms. The Balaban J connectivity index is 2.11. The van der Waals surface area contributed by atoms with E-state index in [4.69, 9.17) is 0 Å². The van der Waals surface area contributed by atoms with Crippen LogP contribution in [-0.2, 0) is 0 Å². The van der Waals surface area contributed by atoms with Crippen LogP contribution in [0.25, 0.3) is 33.0 Å². The highest BCUT2D eigenvalue weighted by molar-refractivity contribution is 5.99. The van der Waals surface area contributed by atoms with Crippen LogP contribution < -0.4 is 0 Å². The largest absolute Gasteiger partial charge is 0.0622 e. The average Bonchev–Trinajstić information content (AvgIpc) is 2.63. The molecule has 0 aliphatic carbocycles. The second kappa shape index (κ2) is 5.73. The van der Waals surface area contributed by atoms with Gasteiger partial charge in [-0.25, -0.2) is 0 Å². The average molecular weight is 294 g/mol. The van der Waals surface area contributed by atoms with E-state index in [1.165, 1.54) is 38.6 Å². The summed E-state index contributed by atoms with van der Waals surface area (Å²) >= 11 is 0. The Hall–Kier alpha value is -2.86. The van der Waals surface area contributed by atoms with Crippen LogP contribution in [0.2, 0.25) is 0 Å². The zero-order chi connectivity index (χ0) is 15.6. The summed E-state index contributed by atoms with van der Waals surface area (Å²) in [5, 5.41) is 2.62. The number of benzene rings is 4. The lowest BCUT2D eigenvalue weighted by Crippen LogP contribution is -1.91. The number of aryl methyl sites for hydroxylation is 1. The molecule has 0 bridgehead atoms. The van der Waals surface area contributed by atoms with E-state index in [1.54, 1.807) is 0 Å². The van der Waals surface area contributed by atoms with Crippen molar-refractivity contribution in [3.05, 3.63) is 96.6 Å². The van der Waals surface area contributed by atoms with Crippen molar-refractivity contribution in [3.63, 3.8) is 0 Å². The third kappa shape index (κ3) is 2.43. The van der Waals surface area contributed by atoms with Gasteiger partial charge in [-0.1, -0.05) is 84.9 Å². The van der Waals surface area contributed by atoms with E-state index in [9.17, 15) is 0 Å². The number of rotatable bonds is 2. The molecule has 0 saturated heterocycles. The molecule has 0 amide bonds. The van der Waals surface area contributed by atoms with E-state index < -0.39 is 0 Å². The van der Waals surface area contributed by atoms with Gasteiger partial charge in [0.2, 0.25) is 0 Å². The Labute approximate surface area is 137 Å². The molecule has 110 valence electrons. The van der Waals surface area contributed by atoms with Gasteiger partial charge in [-0.2, -0.15) is 0 Å². The van der Waals surface area contributed by atoms with E-state index in [0.29, 0.717) is 0 Å². The second-order valence-electron chi connectivity index (χ2n) is 5.88. The highest BCUT2D eigenvalue weighted by atomic mass is 14.2.